The first-order valence-corrected chi connectivity index (χ1v) is 8.81. The van der Waals surface area contributed by atoms with Crippen LogP contribution in [0.2, 0.25) is 0 Å². The van der Waals surface area contributed by atoms with Gasteiger partial charge in [0.2, 0.25) is 0 Å². The van der Waals surface area contributed by atoms with Gasteiger partial charge in [0, 0.05) is 26.2 Å². The Labute approximate surface area is 129 Å². The molecule has 1 aliphatic rings. The molecule has 0 saturated carbocycles. The van der Waals surface area contributed by atoms with Gasteiger partial charge < -0.3 is 15.1 Å². The number of rotatable bonds is 7. The molecule has 3 heteroatoms. The van der Waals surface area contributed by atoms with Crippen molar-refractivity contribution in [2.75, 3.05) is 53.4 Å². The van der Waals surface area contributed by atoms with Crippen molar-refractivity contribution in [2.45, 2.75) is 59.8 Å². The predicted molar refractivity (Wildman–Crippen MR) is 93.6 cm³/mol. The van der Waals surface area contributed by atoms with Crippen LogP contribution < -0.4 is 5.32 Å². The fourth-order valence-corrected chi connectivity index (χ4v) is 2.31. The fourth-order valence-electron chi connectivity index (χ4n) is 2.31. The molecule has 1 saturated heterocycles. The van der Waals surface area contributed by atoms with Crippen LogP contribution in [0.3, 0.4) is 0 Å². The van der Waals surface area contributed by atoms with Gasteiger partial charge in [-0.2, -0.15) is 0 Å². The molecule has 0 spiro atoms. The summed E-state index contributed by atoms with van der Waals surface area (Å²) in [6.45, 7) is 16.4. The van der Waals surface area contributed by atoms with Crippen molar-refractivity contribution in [3.63, 3.8) is 0 Å². The Morgan fingerprint density at radius 1 is 0.700 bits per heavy atom. The topological polar surface area (TPSA) is 18.5 Å². The highest BCUT2D eigenvalue weighted by molar-refractivity contribution is 4.71. The van der Waals surface area contributed by atoms with Crippen molar-refractivity contribution in [1.29, 1.82) is 0 Å². The monoisotopic (exact) mass is 287 g/mol. The third kappa shape index (κ3) is 14.3. The highest BCUT2D eigenvalue weighted by atomic mass is 15.3. The Balaban J connectivity index is 0. The number of hydrogen-bond donors (Lipinski definition) is 1. The molecule has 0 aromatic carbocycles. The fraction of sp³-hybridized carbons (Fsp3) is 1.00. The number of unbranched alkanes of at least 4 members (excludes halogenated alkanes) is 3. The van der Waals surface area contributed by atoms with Crippen molar-refractivity contribution in [2.24, 2.45) is 0 Å². The van der Waals surface area contributed by atoms with E-state index >= 15 is 0 Å². The molecule has 1 heterocycles. The average molecular weight is 288 g/mol. The van der Waals surface area contributed by atoms with Crippen LogP contribution in [0.25, 0.3) is 0 Å². The van der Waals surface area contributed by atoms with Gasteiger partial charge in [0.05, 0.1) is 0 Å². The molecule has 124 valence electrons. The van der Waals surface area contributed by atoms with E-state index in [9.17, 15) is 0 Å². The van der Waals surface area contributed by atoms with Gasteiger partial charge in [0.25, 0.3) is 0 Å². The largest absolute Gasteiger partial charge is 0.323 e. The molecule has 0 aromatic heterocycles. The zero-order chi connectivity index (χ0) is 15.6. The van der Waals surface area contributed by atoms with Crippen molar-refractivity contribution in [3.05, 3.63) is 0 Å². The summed E-state index contributed by atoms with van der Waals surface area (Å²) in [6.07, 6.45) is 6.89. The molecule has 0 aliphatic carbocycles. The van der Waals surface area contributed by atoms with Crippen molar-refractivity contribution in [1.82, 2.24) is 15.1 Å². The second kappa shape index (κ2) is 18.9. The van der Waals surface area contributed by atoms with Gasteiger partial charge in [-0.15, -0.1) is 0 Å². The lowest BCUT2D eigenvalue weighted by molar-refractivity contribution is 0.131. The van der Waals surface area contributed by atoms with Crippen LogP contribution in [0.4, 0.5) is 0 Å². The summed E-state index contributed by atoms with van der Waals surface area (Å²) in [5, 5.41) is 2.75. The maximum Gasteiger partial charge on any atom is 0.0110 e. The summed E-state index contributed by atoms with van der Waals surface area (Å²) in [4.78, 5) is 5.24. The summed E-state index contributed by atoms with van der Waals surface area (Å²) in [6, 6.07) is 0. The van der Waals surface area contributed by atoms with E-state index < -0.39 is 0 Å². The maximum atomic E-state index is 2.75. The molecule has 1 rings (SSSR count). The number of hydrogen-bond acceptors (Lipinski definition) is 3. The third-order valence-corrected chi connectivity index (χ3v) is 3.33. The van der Waals surface area contributed by atoms with E-state index in [1.54, 1.807) is 0 Å². The Kier molecular flexibility index (Phi) is 20.9. The second-order valence-electron chi connectivity index (χ2n) is 5.24. The first-order valence-electron chi connectivity index (χ1n) is 8.81. The lowest BCUT2D eigenvalue weighted by Gasteiger charge is -2.34. The summed E-state index contributed by atoms with van der Waals surface area (Å²) in [5.74, 6) is 0. The highest BCUT2D eigenvalue weighted by Gasteiger charge is 2.14. The van der Waals surface area contributed by atoms with Gasteiger partial charge in [-0.1, -0.05) is 47.0 Å². The quantitative estimate of drug-likeness (QED) is 0.724. The first kappa shape index (κ1) is 22.2. The van der Waals surface area contributed by atoms with Crippen LogP contribution >= 0.6 is 0 Å². The van der Waals surface area contributed by atoms with Crippen LogP contribution in [0.15, 0.2) is 0 Å². The number of nitrogens with zero attached hydrogens (tertiary/aromatic N) is 2. The van der Waals surface area contributed by atoms with Crippen LogP contribution in [0, 0.1) is 0 Å². The minimum atomic E-state index is 1.29. The van der Waals surface area contributed by atoms with Gasteiger partial charge in [-0.25, -0.2) is 0 Å². The van der Waals surface area contributed by atoms with Gasteiger partial charge in [0.15, 0.2) is 0 Å². The maximum absolute atomic E-state index is 2.75. The van der Waals surface area contributed by atoms with E-state index in [1.165, 1.54) is 71.4 Å². The second-order valence-corrected chi connectivity index (χ2v) is 5.24. The van der Waals surface area contributed by atoms with E-state index in [0.29, 0.717) is 0 Å². The van der Waals surface area contributed by atoms with Crippen LogP contribution in [0.1, 0.15) is 59.8 Å². The van der Waals surface area contributed by atoms with Crippen molar-refractivity contribution < 1.29 is 0 Å². The molecule has 0 amide bonds. The minimum absolute atomic E-state index is 1.29. The molecule has 0 atom stereocenters. The van der Waals surface area contributed by atoms with Crippen LogP contribution in [-0.2, 0) is 0 Å². The van der Waals surface area contributed by atoms with E-state index in [-0.39, 0.29) is 0 Å². The lowest BCUT2D eigenvalue weighted by Crippen LogP contribution is -2.46. The molecule has 3 nitrogen and oxygen atoms in total. The standard InChI is InChI=1S/C13H28N2.C2H7N.C2H6/c1-3-5-6-7-9-15-12-10-14(8-4-2)11-13-15;1-3-2;1-2/h3-13H2,1-2H3;3H,1-2H3;1-2H3. The molecule has 0 aromatic rings. The summed E-state index contributed by atoms with van der Waals surface area (Å²) >= 11 is 0. The van der Waals surface area contributed by atoms with Crippen molar-refractivity contribution in [3.8, 4) is 0 Å². The van der Waals surface area contributed by atoms with E-state index in [4.69, 9.17) is 0 Å². The van der Waals surface area contributed by atoms with E-state index in [2.05, 4.69) is 29.0 Å². The zero-order valence-electron chi connectivity index (χ0n) is 15.2. The Hall–Kier alpha value is -0.120. The summed E-state index contributed by atoms with van der Waals surface area (Å²) in [5.41, 5.74) is 0. The minimum Gasteiger partial charge on any atom is -0.323 e. The molecular weight excluding hydrogens is 246 g/mol. The normalized spacial score (nSPS) is 15.9. The molecule has 0 unspecified atom stereocenters. The molecule has 1 fully saturated rings. The van der Waals surface area contributed by atoms with Crippen LogP contribution in [-0.4, -0.2) is 63.2 Å². The SMILES string of the molecule is CC.CCCCCCN1CCN(CCC)CC1.CNC. The molecule has 0 bridgehead atoms. The van der Waals surface area contributed by atoms with Gasteiger partial charge in [0.1, 0.15) is 0 Å². The number of piperazine rings is 1. The Morgan fingerprint density at radius 2 is 1.15 bits per heavy atom. The molecular formula is C17H41N3. The third-order valence-electron chi connectivity index (χ3n) is 3.33. The van der Waals surface area contributed by atoms with Crippen LogP contribution in [0.5, 0.6) is 0 Å². The van der Waals surface area contributed by atoms with E-state index in [0.717, 1.165) is 0 Å². The van der Waals surface area contributed by atoms with Gasteiger partial charge in [-0.3, -0.25) is 0 Å². The Morgan fingerprint density at radius 3 is 1.55 bits per heavy atom. The summed E-state index contributed by atoms with van der Waals surface area (Å²) < 4.78 is 0. The zero-order valence-corrected chi connectivity index (χ0v) is 15.2. The lowest BCUT2D eigenvalue weighted by atomic mass is 10.2. The van der Waals surface area contributed by atoms with Crippen molar-refractivity contribution >= 4 is 0 Å². The molecule has 1 N–H and O–H groups in total. The predicted octanol–water partition coefficient (Wildman–Crippen LogP) is 3.46. The molecule has 0 radical (unpaired) electrons. The number of nitrogens with one attached hydrogen (secondary N) is 1. The van der Waals surface area contributed by atoms with Gasteiger partial charge in [-0.05, 0) is 40.0 Å². The molecule has 1 aliphatic heterocycles. The first-order chi connectivity index (χ1) is 9.78. The average Bonchev–Trinajstić information content (AvgIpc) is 2.49. The van der Waals surface area contributed by atoms with Gasteiger partial charge >= 0.3 is 0 Å². The summed E-state index contributed by atoms with van der Waals surface area (Å²) in [7, 11) is 3.75. The molecule has 20 heavy (non-hydrogen) atoms. The highest BCUT2D eigenvalue weighted by Crippen LogP contribution is 2.05. The van der Waals surface area contributed by atoms with E-state index in [1.807, 2.05) is 27.9 Å². The smallest absolute Gasteiger partial charge is 0.0110 e. The Bertz CT molecular complexity index is 152.